The van der Waals surface area contributed by atoms with Crippen LogP contribution in [0.3, 0.4) is 0 Å². The highest BCUT2D eigenvalue weighted by Gasteiger charge is 2.24. The zero-order chi connectivity index (χ0) is 25.0. The Morgan fingerprint density at radius 1 is 1.24 bits per heavy atom. The molecule has 0 aliphatic rings. The fourth-order valence-corrected chi connectivity index (χ4v) is 3.61. The number of ether oxygens (including phenoxy) is 2. The molecule has 5 heteroatoms. The molecule has 2 rings (SSSR count). The lowest BCUT2D eigenvalue weighted by atomic mass is 9.92. The molecule has 0 bridgehead atoms. The molecule has 33 heavy (non-hydrogen) atoms. The molecule has 0 N–H and O–H groups in total. The van der Waals surface area contributed by atoms with E-state index in [9.17, 15) is 4.79 Å². The molecule has 0 saturated carbocycles. The average molecular weight is 457 g/mol. The van der Waals surface area contributed by atoms with E-state index in [1.165, 1.54) is 19.3 Å². The second-order valence-electron chi connectivity index (χ2n) is 10.2. The Morgan fingerprint density at radius 2 is 1.94 bits per heavy atom. The second-order valence-corrected chi connectivity index (χ2v) is 10.2. The van der Waals surface area contributed by atoms with E-state index in [0.29, 0.717) is 13.0 Å². The highest BCUT2D eigenvalue weighted by Crippen LogP contribution is 2.30. The van der Waals surface area contributed by atoms with Crippen molar-refractivity contribution in [3.63, 3.8) is 0 Å². The van der Waals surface area contributed by atoms with Crippen LogP contribution in [0, 0.1) is 11.3 Å². The fourth-order valence-electron chi connectivity index (χ4n) is 3.61. The summed E-state index contributed by atoms with van der Waals surface area (Å²) < 4.78 is 11.2. The zero-order valence-corrected chi connectivity index (χ0v) is 22.0. The van der Waals surface area contributed by atoms with Crippen molar-refractivity contribution in [3.8, 4) is 5.75 Å². The number of carbonyl (C=O) groups excluding carboxylic acids is 1. The predicted molar refractivity (Wildman–Crippen MR) is 139 cm³/mol. The highest BCUT2D eigenvalue weighted by molar-refractivity contribution is 5.84. The van der Waals surface area contributed by atoms with E-state index in [-0.39, 0.29) is 17.5 Å². The molecule has 5 nitrogen and oxygen atoms in total. The minimum Gasteiger partial charge on any atom is -0.497 e. The topological polar surface area (TPSA) is 51.7 Å². The number of carbonyl (C=O) groups is 1. The molecule has 0 amide bonds. The van der Waals surface area contributed by atoms with Gasteiger partial charge in [-0.2, -0.15) is 0 Å². The molecule has 184 valence electrons. The number of aromatic nitrogens is 1. The molecule has 2 atom stereocenters. The quantitative estimate of drug-likeness (QED) is 0.290. The summed E-state index contributed by atoms with van der Waals surface area (Å²) in [4.78, 5) is 18.8. The van der Waals surface area contributed by atoms with E-state index < -0.39 is 0 Å². The number of rotatable bonds is 10. The number of hydrogen-bond acceptors (Lipinski definition) is 5. The number of fused-ring (bicyclic) bond motifs is 1. The molecule has 0 spiro atoms. The van der Waals surface area contributed by atoms with E-state index >= 15 is 0 Å². The molecule has 1 heterocycles. The zero-order valence-electron chi connectivity index (χ0n) is 22.0. The first-order chi connectivity index (χ1) is 15.5. The second kappa shape index (κ2) is 14.0. The van der Waals surface area contributed by atoms with Gasteiger partial charge in [0.15, 0.2) is 0 Å². The number of methoxy groups -OCH3 is 1. The normalized spacial score (nSPS) is 13.1. The minimum atomic E-state index is -0.359. The van der Waals surface area contributed by atoms with Gasteiger partial charge in [-0.25, -0.2) is 0 Å². The number of nitrogens with zero attached hydrogens (tertiary/aromatic N) is 2. The third-order valence-corrected chi connectivity index (χ3v) is 5.16. The third kappa shape index (κ3) is 10.8. The molecular weight excluding hydrogens is 412 g/mol. The first-order valence-electron chi connectivity index (χ1n) is 11.9. The Kier molecular flexibility index (Phi) is 12.1. The van der Waals surface area contributed by atoms with Crippen LogP contribution in [0.2, 0.25) is 0 Å². The Bertz CT molecular complexity index is 871. The predicted octanol–water partition coefficient (Wildman–Crippen LogP) is 6.82. The van der Waals surface area contributed by atoms with Crippen LogP contribution in [0.4, 0.5) is 0 Å². The van der Waals surface area contributed by atoms with Crippen molar-refractivity contribution in [2.24, 2.45) is 11.3 Å². The van der Waals surface area contributed by atoms with Crippen molar-refractivity contribution in [2.75, 3.05) is 27.7 Å². The van der Waals surface area contributed by atoms with E-state index in [2.05, 4.69) is 25.4 Å². The van der Waals surface area contributed by atoms with Crippen LogP contribution in [0.15, 0.2) is 43.1 Å². The molecular formula is C28H44N2O3. The van der Waals surface area contributed by atoms with E-state index in [4.69, 9.17) is 9.47 Å². The summed E-state index contributed by atoms with van der Waals surface area (Å²) in [5.74, 6) is 1.41. The third-order valence-electron chi connectivity index (χ3n) is 5.16. The summed E-state index contributed by atoms with van der Waals surface area (Å²) in [6, 6.07) is 7.66. The molecule has 2 aromatic rings. The van der Waals surface area contributed by atoms with Crippen LogP contribution < -0.4 is 4.74 Å². The van der Waals surface area contributed by atoms with Gasteiger partial charge >= 0.3 is 5.97 Å². The number of pyridine rings is 1. The number of hydrogen-bond donors (Lipinski definition) is 0. The summed E-state index contributed by atoms with van der Waals surface area (Å²) >= 11 is 0. The molecule has 1 aromatic heterocycles. The molecule has 0 saturated heterocycles. The summed E-state index contributed by atoms with van der Waals surface area (Å²) in [5.41, 5.74) is 1.69. The van der Waals surface area contributed by atoms with Crippen LogP contribution in [0.1, 0.15) is 72.0 Å². The van der Waals surface area contributed by atoms with Crippen molar-refractivity contribution in [1.82, 2.24) is 9.88 Å². The summed E-state index contributed by atoms with van der Waals surface area (Å²) in [6.07, 6.45) is 7.59. The Hall–Kier alpha value is -2.40. The Labute approximate surface area is 201 Å². The molecule has 2 unspecified atom stereocenters. The van der Waals surface area contributed by atoms with Crippen molar-refractivity contribution in [3.05, 3.63) is 48.7 Å². The van der Waals surface area contributed by atoms with Crippen LogP contribution in [-0.2, 0) is 9.53 Å². The summed E-state index contributed by atoms with van der Waals surface area (Å²) in [7, 11) is 5.57. The maximum absolute atomic E-state index is 12.4. The fraction of sp³-hybridized carbons (Fsp3) is 0.571. The van der Waals surface area contributed by atoms with Crippen molar-refractivity contribution in [1.29, 1.82) is 0 Å². The van der Waals surface area contributed by atoms with Crippen LogP contribution in [-0.4, -0.2) is 43.6 Å². The van der Waals surface area contributed by atoms with E-state index in [1.54, 1.807) is 13.3 Å². The van der Waals surface area contributed by atoms with Crippen molar-refractivity contribution < 1.29 is 14.3 Å². The lowest BCUT2D eigenvalue weighted by Gasteiger charge is -2.25. The Morgan fingerprint density at radius 3 is 2.48 bits per heavy atom. The van der Waals surface area contributed by atoms with E-state index in [0.717, 1.165) is 28.1 Å². The lowest BCUT2D eigenvalue weighted by Crippen LogP contribution is -2.26. The smallest absolute Gasteiger partial charge is 0.306 e. The van der Waals surface area contributed by atoms with Gasteiger partial charge in [0.05, 0.1) is 19.0 Å². The molecule has 0 aliphatic carbocycles. The standard InChI is InChI=1S/C20H28N2O3.C8H16/c1-20(2,3)12-19(23)25-18(13-22(4)5)15-9-10-21-17-8-7-14(24-6)11-16(15)17;1-4-6-8(3)7-5-2/h7-11,18H,12-13H2,1-6H3;4,8H,1,5-7H2,2-3H3. The maximum atomic E-state index is 12.4. The minimum absolute atomic E-state index is 0.108. The van der Waals surface area contributed by atoms with Crippen LogP contribution in [0.5, 0.6) is 5.75 Å². The van der Waals surface area contributed by atoms with Crippen molar-refractivity contribution in [2.45, 2.75) is 66.4 Å². The Balaban J connectivity index is 0.000000582. The van der Waals surface area contributed by atoms with Gasteiger partial charge < -0.3 is 14.4 Å². The van der Waals surface area contributed by atoms with Gasteiger partial charge in [0.1, 0.15) is 11.9 Å². The number of allylic oxidation sites excluding steroid dienone is 1. The summed E-state index contributed by atoms with van der Waals surface area (Å²) in [5, 5.41) is 0.942. The van der Waals surface area contributed by atoms with Gasteiger partial charge in [0.25, 0.3) is 0 Å². The van der Waals surface area contributed by atoms with Crippen LogP contribution in [0.25, 0.3) is 10.9 Å². The van der Waals surface area contributed by atoms with Gasteiger partial charge in [-0.15, -0.1) is 6.58 Å². The molecule has 0 radical (unpaired) electrons. The lowest BCUT2D eigenvalue weighted by molar-refractivity contribution is -0.152. The van der Waals surface area contributed by atoms with Crippen LogP contribution >= 0.6 is 0 Å². The van der Waals surface area contributed by atoms with Gasteiger partial charge in [-0.05, 0) is 56.1 Å². The first kappa shape index (κ1) is 28.6. The van der Waals surface area contributed by atoms with Gasteiger partial charge in [-0.1, -0.05) is 53.5 Å². The maximum Gasteiger partial charge on any atom is 0.306 e. The number of benzene rings is 1. The van der Waals surface area contributed by atoms with Gasteiger partial charge in [-0.3, -0.25) is 9.78 Å². The molecule has 1 aromatic carbocycles. The highest BCUT2D eigenvalue weighted by atomic mass is 16.5. The SMILES string of the molecule is C=CCC(C)CCC.COc1ccc2nccc(C(CN(C)C)OC(=O)CC(C)(C)C)c2c1. The molecule has 0 fully saturated rings. The van der Waals surface area contributed by atoms with Gasteiger partial charge in [0, 0.05) is 23.7 Å². The van der Waals surface area contributed by atoms with Crippen molar-refractivity contribution >= 4 is 16.9 Å². The average Bonchev–Trinajstić information content (AvgIpc) is 2.71. The largest absolute Gasteiger partial charge is 0.497 e. The summed E-state index contributed by atoms with van der Waals surface area (Å²) in [6.45, 7) is 14.9. The van der Waals surface area contributed by atoms with Gasteiger partial charge in [0.2, 0.25) is 0 Å². The number of esters is 1. The van der Waals surface area contributed by atoms with E-state index in [1.807, 2.05) is 70.1 Å². The molecule has 0 aliphatic heterocycles. The first-order valence-corrected chi connectivity index (χ1v) is 11.9. The number of likely N-dealkylation sites (N-methyl/N-ethyl adjacent to an activating group) is 1. The monoisotopic (exact) mass is 456 g/mol.